The van der Waals surface area contributed by atoms with E-state index in [1.807, 2.05) is 45.0 Å². The summed E-state index contributed by atoms with van der Waals surface area (Å²) in [5.41, 5.74) is 7.99. The number of hydrogen-bond donors (Lipinski definition) is 1. The summed E-state index contributed by atoms with van der Waals surface area (Å²) in [5, 5.41) is 0. The molecule has 1 aromatic rings. The molecule has 0 saturated carbocycles. The molecule has 0 aliphatic carbocycles. The highest BCUT2D eigenvalue weighted by atomic mass is 32.2. The summed E-state index contributed by atoms with van der Waals surface area (Å²) in [6.45, 7) is 6.13. The average molecular weight is 226 g/mol. The van der Waals surface area contributed by atoms with Crippen LogP contribution in [0.2, 0.25) is 0 Å². The van der Waals surface area contributed by atoms with Crippen LogP contribution >= 0.6 is 11.8 Å². The van der Waals surface area contributed by atoms with Crippen molar-refractivity contribution < 1.29 is 0 Å². The highest BCUT2D eigenvalue weighted by Gasteiger charge is 2.05. The van der Waals surface area contributed by atoms with Crippen molar-refractivity contribution in [3.8, 4) is 0 Å². The average Bonchev–Trinajstić information content (AvgIpc) is 2.24. The van der Waals surface area contributed by atoms with Crippen molar-refractivity contribution >= 4 is 23.1 Å². The highest BCUT2D eigenvalue weighted by Crippen LogP contribution is 2.31. The lowest BCUT2D eigenvalue weighted by Gasteiger charge is -2.16. The second-order valence-electron chi connectivity index (χ2n) is 3.02. The van der Waals surface area contributed by atoms with Gasteiger partial charge in [-0.05, 0) is 17.9 Å². The molecule has 0 atom stereocenters. The zero-order valence-corrected chi connectivity index (χ0v) is 11.2. The lowest BCUT2D eigenvalue weighted by Crippen LogP contribution is -2.11. The van der Waals surface area contributed by atoms with E-state index in [9.17, 15) is 0 Å². The Morgan fingerprint density at radius 3 is 2.33 bits per heavy atom. The van der Waals surface area contributed by atoms with Gasteiger partial charge in [0.2, 0.25) is 0 Å². The van der Waals surface area contributed by atoms with E-state index < -0.39 is 0 Å². The minimum Gasteiger partial charge on any atom is -0.396 e. The van der Waals surface area contributed by atoms with Gasteiger partial charge in [0.25, 0.3) is 0 Å². The van der Waals surface area contributed by atoms with Gasteiger partial charge < -0.3 is 10.6 Å². The van der Waals surface area contributed by atoms with E-state index in [0.717, 1.165) is 17.1 Å². The third-order valence-electron chi connectivity index (χ3n) is 1.82. The molecule has 0 amide bonds. The molecule has 0 fully saturated rings. The van der Waals surface area contributed by atoms with Gasteiger partial charge in [-0.3, -0.25) is 0 Å². The van der Waals surface area contributed by atoms with Gasteiger partial charge in [-0.1, -0.05) is 26.8 Å². The predicted octanol–water partition coefficient (Wildman–Crippen LogP) is 3.47. The molecule has 0 unspecified atom stereocenters. The smallest absolute Gasteiger partial charge is 0.0689 e. The summed E-state index contributed by atoms with van der Waals surface area (Å²) in [6, 6.07) is 6.15. The Bertz CT molecular complexity index is 285. The van der Waals surface area contributed by atoms with Crippen LogP contribution in [0.15, 0.2) is 23.1 Å². The molecule has 2 nitrogen and oxygen atoms in total. The van der Waals surface area contributed by atoms with Gasteiger partial charge in [0.1, 0.15) is 0 Å². The number of benzene rings is 1. The Hall–Kier alpha value is -0.830. The van der Waals surface area contributed by atoms with Crippen LogP contribution in [0.3, 0.4) is 0 Å². The fourth-order valence-electron chi connectivity index (χ4n) is 1.20. The minimum absolute atomic E-state index is 0.888. The van der Waals surface area contributed by atoms with Gasteiger partial charge in [-0.15, -0.1) is 11.8 Å². The van der Waals surface area contributed by atoms with E-state index in [-0.39, 0.29) is 0 Å². The molecule has 0 aliphatic rings. The maximum absolute atomic E-state index is 6.01. The van der Waals surface area contributed by atoms with E-state index in [4.69, 9.17) is 5.73 Å². The monoisotopic (exact) mass is 226 g/mol. The summed E-state index contributed by atoms with van der Waals surface area (Å²) in [5.74, 6) is 1.06. The molecule has 0 aromatic heterocycles. The number of nitrogen functional groups attached to an aromatic ring is 1. The van der Waals surface area contributed by atoms with Crippen molar-refractivity contribution in [2.75, 3.05) is 30.5 Å². The van der Waals surface area contributed by atoms with Gasteiger partial charge in [-0.2, -0.15) is 0 Å². The second-order valence-corrected chi connectivity index (χ2v) is 4.32. The lowest BCUT2D eigenvalue weighted by atomic mass is 10.2. The second kappa shape index (κ2) is 7.46. The fourth-order valence-corrected chi connectivity index (χ4v) is 1.95. The van der Waals surface area contributed by atoms with Crippen molar-refractivity contribution in [2.45, 2.75) is 25.7 Å². The van der Waals surface area contributed by atoms with Crippen molar-refractivity contribution in [3.05, 3.63) is 18.2 Å². The van der Waals surface area contributed by atoms with Crippen LogP contribution in [-0.4, -0.2) is 19.8 Å². The molecule has 0 aliphatic heterocycles. The maximum Gasteiger partial charge on any atom is 0.0689 e. The molecular formula is C12H22N2S. The first-order valence-electron chi connectivity index (χ1n) is 5.35. The predicted molar refractivity (Wildman–Crippen MR) is 72.9 cm³/mol. The molecule has 2 N–H and O–H groups in total. The highest BCUT2D eigenvalue weighted by molar-refractivity contribution is 7.99. The normalized spacial score (nSPS) is 9.13. The largest absolute Gasteiger partial charge is 0.396 e. The molecule has 15 heavy (non-hydrogen) atoms. The molecule has 86 valence electrons. The fraction of sp³-hybridized carbons (Fsp3) is 0.500. The lowest BCUT2D eigenvalue weighted by molar-refractivity contribution is 1.13. The maximum atomic E-state index is 6.01. The van der Waals surface area contributed by atoms with Crippen LogP contribution in [0.1, 0.15) is 20.8 Å². The third kappa shape index (κ3) is 4.04. The van der Waals surface area contributed by atoms with Crippen LogP contribution in [-0.2, 0) is 0 Å². The number of hydrogen-bond acceptors (Lipinski definition) is 3. The quantitative estimate of drug-likeness (QED) is 0.632. The molecule has 0 heterocycles. The van der Waals surface area contributed by atoms with Crippen LogP contribution in [0.25, 0.3) is 0 Å². The van der Waals surface area contributed by atoms with E-state index in [2.05, 4.69) is 13.0 Å². The number of nitrogens with zero attached hydrogens (tertiary/aromatic N) is 1. The first kappa shape index (κ1) is 14.2. The van der Waals surface area contributed by atoms with E-state index in [0.29, 0.717) is 0 Å². The van der Waals surface area contributed by atoms with Gasteiger partial charge in [0.15, 0.2) is 0 Å². The summed E-state index contributed by atoms with van der Waals surface area (Å²) in [7, 11) is 4.01. The van der Waals surface area contributed by atoms with Gasteiger partial charge in [-0.25, -0.2) is 0 Å². The minimum atomic E-state index is 0.888. The standard InChI is InChI=1S/C10H16N2S.C2H6/c1-4-13-9-7-5-6-8(10(9)11)12(2)3;1-2/h5-7H,4,11H2,1-3H3;1-2H3. The number of anilines is 2. The van der Waals surface area contributed by atoms with Crippen LogP contribution < -0.4 is 10.6 Å². The number of thioether (sulfide) groups is 1. The molecule has 0 spiro atoms. The Morgan fingerprint density at radius 2 is 1.87 bits per heavy atom. The molecule has 1 aromatic carbocycles. The number of nitrogens with two attached hydrogens (primary N) is 1. The Balaban J connectivity index is 0.000000921. The molecule has 0 saturated heterocycles. The molecule has 0 radical (unpaired) electrons. The van der Waals surface area contributed by atoms with Crippen LogP contribution in [0.4, 0.5) is 11.4 Å². The first-order chi connectivity index (χ1) is 7.16. The van der Waals surface area contributed by atoms with Gasteiger partial charge in [0.05, 0.1) is 11.4 Å². The van der Waals surface area contributed by atoms with Crippen molar-refractivity contribution in [2.24, 2.45) is 0 Å². The van der Waals surface area contributed by atoms with E-state index in [1.165, 1.54) is 4.90 Å². The Morgan fingerprint density at radius 1 is 1.27 bits per heavy atom. The summed E-state index contributed by atoms with van der Waals surface area (Å²) in [6.07, 6.45) is 0. The zero-order chi connectivity index (χ0) is 11.8. The van der Waals surface area contributed by atoms with Crippen LogP contribution in [0.5, 0.6) is 0 Å². The number of para-hydroxylation sites is 1. The van der Waals surface area contributed by atoms with Crippen LogP contribution in [0, 0.1) is 0 Å². The van der Waals surface area contributed by atoms with Crippen molar-refractivity contribution in [1.29, 1.82) is 0 Å². The zero-order valence-electron chi connectivity index (χ0n) is 10.4. The number of rotatable bonds is 3. The Labute approximate surface area is 97.8 Å². The topological polar surface area (TPSA) is 29.3 Å². The molecule has 1 rings (SSSR count). The third-order valence-corrected chi connectivity index (χ3v) is 2.78. The van der Waals surface area contributed by atoms with Crippen molar-refractivity contribution in [1.82, 2.24) is 0 Å². The van der Waals surface area contributed by atoms with Crippen molar-refractivity contribution in [3.63, 3.8) is 0 Å². The molecule has 3 heteroatoms. The summed E-state index contributed by atoms with van der Waals surface area (Å²) < 4.78 is 0. The molecule has 0 bridgehead atoms. The summed E-state index contributed by atoms with van der Waals surface area (Å²) in [4.78, 5) is 3.21. The van der Waals surface area contributed by atoms with E-state index >= 15 is 0 Å². The SMILES string of the molecule is CC.CCSc1cccc(N(C)C)c1N. The Kier molecular flexibility index (Phi) is 7.05. The first-order valence-corrected chi connectivity index (χ1v) is 6.34. The molecular weight excluding hydrogens is 204 g/mol. The van der Waals surface area contributed by atoms with E-state index in [1.54, 1.807) is 11.8 Å². The summed E-state index contributed by atoms with van der Waals surface area (Å²) >= 11 is 1.78. The van der Waals surface area contributed by atoms with Gasteiger partial charge >= 0.3 is 0 Å². The van der Waals surface area contributed by atoms with Gasteiger partial charge in [0, 0.05) is 19.0 Å².